The number of benzene rings is 1. The average Bonchev–Trinajstić information content (AvgIpc) is 2.91. The van der Waals surface area contributed by atoms with Gasteiger partial charge in [-0.05, 0) is 80.2 Å². The van der Waals surface area contributed by atoms with Crippen molar-refractivity contribution in [3.8, 4) is 0 Å². The van der Waals surface area contributed by atoms with Crippen molar-refractivity contribution in [2.75, 3.05) is 13.1 Å². The molecule has 0 spiro atoms. The number of imide groups is 1. The number of nitrogens with one attached hydrogen (secondary N) is 1. The molecule has 5 aliphatic rings. The number of hydrogen-bond donors (Lipinski definition) is 1. The first-order valence-electron chi connectivity index (χ1n) is 10.7. The van der Waals surface area contributed by atoms with E-state index in [1.165, 1.54) is 43.4 Å². The number of carbonyl (C=O) groups is 3. The predicted octanol–water partition coefficient (Wildman–Crippen LogP) is 3.40. The molecular formula is C23H28N2O3. The van der Waals surface area contributed by atoms with Crippen LogP contribution in [0.2, 0.25) is 0 Å². The van der Waals surface area contributed by atoms with Crippen LogP contribution in [0.1, 0.15) is 72.1 Å². The number of hydrogen-bond acceptors (Lipinski definition) is 3. The van der Waals surface area contributed by atoms with Crippen LogP contribution in [0.5, 0.6) is 0 Å². The van der Waals surface area contributed by atoms with Gasteiger partial charge in [0.05, 0.1) is 11.1 Å². The van der Waals surface area contributed by atoms with Gasteiger partial charge in [-0.1, -0.05) is 12.1 Å². The number of nitrogens with zero attached hydrogens (tertiary/aromatic N) is 1. The molecule has 1 aromatic rings. The van der Waals surface area contributed by atoms with E-state index in [4.69, 9.17) is 0 Å². The quantitative estimate of drug-likeness (QED) is 0.769. The molecule has 3 amide bonds. The Balaban J connectivity index is 1.10. The number of amides is 3. The van der Waals surface area contributed by atoms with Gasteiger partial charge in [-0.3, -0.25) is 19.3 Å². The van der Waals surface area contributed by atoms with E-state index < -0.39 is 0 Å². The molecule has 0 radical (unpaired) electrons. The van der Waals surface area contributed by atoms with Crippen LogP contribution in [-0.2, 0) is 4.79 Å². The van der Waals surface area contributed by atoms with Crippen molar-refractivity contribution in [2.24, 2.45) is 23.2 Å². The third-order valence-corrected chi connectivity index (χ3v) is 7.49. The summed E-state index contributed by atoms with van der Waals surface area (Å²) in [5.74, 6) is 2.22. The molecule has 1 aromatic carbocycles. The lowest BCUT2D eigenvalue weighted by Crippen LogP contribution is -2.51. The van der Waals surface area contributed by atoms with Crippen LogP contribution < -0.4 is 5.32 Å². The average molecular weight is 380 g/mol. The highest BCUT2D eigenvalue weighted by molar-refractivity contribution is 6.21. The summed E-state index contributed by atoms with van der Waals surface area (Å²) in [5.41, 5.74) is 1.28. The molecule has 0 atom stereocenters. The van der Waals surface area contributed by atoms with Gasteiger partial charge in [-0.25, -0.2) is 0 Å². The van der Waals surface area contributed by atoms with Crippen molar-refractivity contribution in [1.29, 1.82) is 0 Å². The number of fused-ring (bicyclic) bond motifs is 1. The topological polar surface area (TPSA) is 66.5 Å². The van der Waals surface area contributed by atoms with Crippen LogP contribution in [0.15, 0.2) is 24.3 Å². The van der Waals surface area contributed by atoms with E-state index in [1.807, 2.05) is 0 Å². The van der Waals surface area contributed by atoms with E-state index in [9.17, 15) is 14.4 Å². The molecular weight excluding hydrogens is 352 g/mol. The first-order chi connectivity index (χ1) is 13.5. The van der Waals surface area contributed by atoms with Gasteiger partial charge in [0.2, 0.25) is 5.91 Å². The monoisotopic (exact) mass is 380 g/mol. The summed E-state index contributed by atoms with van der Waals surface area (Å²) >= 11 is 0. The number of carbonyl (C=O) groups excluding carboxylic acids is 3. The SMILES string of the molecule is O=C(CCCN1C(=O)c2ccccc2C1=O)NCC12CC3CC(CC(C3)C1)C2. The highest BCUT2D eigenvalue weighted by Gasteiger charge is 2.50. The summed E-state index contributed by atoms with van der Waals surface area (Å²) in [6.45, 7) is 1.11. The zero-order chi connectivity index (χ0) is 19.3. The molecule has 0 saturated heterocycles. The van der Waals surface area contributed by atoms with Crippen LogP contribution in [-0.4, -0.2) is 35.7 Å². The Labute approximate surface area is 165 Å². The van der Waals surface area contributed by atoms with E-state index in [2.05, 4.69) is 5.32 Å². The van der Waals surface area contributed by atoms with Crippen molar-refractivity contribution in [3.63, 3.8) is 0 Å². The van der Waals surface area contributed by atoms with Crippen LogP contribution in [0, 0.1) is 23.2 Å². The van der Waals surface area contributed by atoms with Gasteiger partial charge in [0.25, 0.3) is 11.8 Å². The molecule has 1 heterocycles. The second kappa shape index (κ2) is 6.71. The Hall–Kier alpha value is -2.17. The summed E-state index contributed by atoms with van der Waals surface area (Å²) < 4.78 is 0. The molecule has 1 aliphatic heterocycles. The van der Waals surface area contributed by atoms with Gasteiger partial charge in [-0.15, -0.1) is 0 Å². The largest absolute Gasteiger partial charge is 0.356 e. The van der Waals surface area contributed by atoms with Crippen LogP contribution in [0.25, 0.3) is 0 Å². The lowest BCUT2D eigenvalue weighted by atomic mass is 9.49. The van der Waals surface area contributed by atoms with Gasteiger partial charge in [0.1, 0.15) is 0 Å². The Kier molecular flexibility index (Phi) is 4.29. The summed E-state index contributed by atoms with van der Waals surface area (Å²) in [7, 11) is 0. The first-order valence-corrected chi connectivity index (χ1v) is 10.7. The molecule has 4 saturated carbocycles. The van der Waals surface area contributed by atoms with Crippen LogP contribution in [0.3, 0.4) is 0 Å². The molecule has 5 heteroatoms. The minimum Gasteiger partial charge on any atom is -0.356 e. The van der Waals surface area contributed by atoms with Gasteiger partial charge in [0, 0.05) is 19.5 Å². The van der Waals surface area contributed by atoms with Crippen molar-refractivity contribution >= 4 is 17.7 Å². The Bertz CT molecular complexity index is 761. The molecule has 4 aliphatic carbocycles. The van der Waals surface area contributed by atoms with Crippen molar-refractivity contribution in [2.45, 2.75) is 51.4 Å². The lowest BCUT2D eigenvalue weighted by Gasteiger charge is -2.56. The normalized spacial score (nSPS) is 32.7. The second-order valence-electron chi connectivity index (χ2n) is 9.61. The summed E-state index contributed by atoms with van der Waals surface area (Å²) in [5, 5.41) is 3.18. The lowest BCUT2D eigenvalue weighted by molar-refractivity contribution is -0.123. The van der Waals surface area contributed by atoms with E-state index in [-0.39, 0.29) is 17.7 Å². The molecule has 0 aromatic heterocycles. The van der Waals surface area contributed by atoms with Crippen LogP contribution in [0.4, 0.5) is 0 Å². The fourth-order valence-corrected chi connectivity index (χ4v) is 6.72. The van der Waals surface area contributed by atoms with Crippen molar-refractivity contribution < 1.29 is 14.4 Å². The second-order valence-corrected chi connectivity index (χ2v) is 9.61. The Morgan fingerprint density at radius 2 is 1.50 bits per heavy atom. The zero-order valence-electron chi connectivity index (χ0n) is 16.3. The first kappa shape index (κ1) is 17.9. The standard InChI is InChI=1S/C23H28N2O3/c26-20(24-14-23-11-15-8-16(12-23)10-17(9-15)13-23)6-3-7-25-21(27)18-4-1-2-5-19(18)22(25)28/h1-2,4-5,15-17H,3,6-14H2,(H,24,26). The molecule has 148 valence electrons. The van der Waals surface area contributed by atoms with Gasteiger partial charge >= 0.3 is 0 Å². The fraction of sp³-hybridized carbons (Fsp3) is 0.609. The van der Waals surface area contributed by atoms with E-state index in [1.54, 1.807) is 24.3 Å². The molecule has 5 nitrogen and oxygen atoms in total. The van der Waals surface area contributed by atoms with Crippen molar-refractivity contribution in [1.82, 2.24) is 10.2 Å². The third-order valence-electron chi connectivity index (χ3n) is 7.49. The minimum atomic E-state index is -0.241. The Morgan fingerprint density at radius 1 is 0.964 bits per heavy atom. The summed E-state index contributed by atoms with van der Waals surface area (Å²) in [6, 6.07) is 6.91. The molecule has 0 unspecified atom stereocenters. The van der Waals surface area contributed by atoms with E-state index >= 15 is 0 Å². The molecule has 28 heavy (non-hydrogen) atoms. The Morgan fingerprint density at radius 3 is 2.04 bits per heavy atom. The smallest absolute Gasteiger partial charge is 0.261 e. The van der Waals surface area contributed by atoms with E-state index in [0.717, 1.165) is 24.3 Å². The van der Waals surface area contributed by atoms with Gasteiger partial charge in [-0.2, -0.15) is 0 Å². The minimum absolute atomic E-state index is 0.0485. The third kappa shape index (κ3) is 3.05. The number of rotatable bonds is 6. The van der Waals surface area contributed by atoms with E-state index in [0.29, 0.717) is 35.9 Å². The molecule has 4 fully saturated rings. The van der Waals surface area contributed by atoms with Crippen molar-refractivity contribution in [3.05, 3.63) is 35.4 Å². The maximum Gasteiger partial charge on any atom is 0.261 e. The molecule has 1 N–H and O–H groups in total. The maximum absolute atomic E-state index is 12.4. The highest BCUT2D eigenvalue weighted by Crippen LogP contribution is 2.59. The maximum atomic E-state index is 12.4. The fourth-order valence-electron chi connectivity index (χ4n) is 6.72. The highest BCUT2D eigenvalue weighted by atomic mass is 16.2. The van der Waals surface area contributed by atoms with Crippen LogP contribution >= 0.6 is 0 Å². The molecule has 4 bridgehead atoms. The van der Waals surface area contributed by atoms with Gasteiger partial charge < -0.3 is 5.32 Å². The molecule has 6 rings (SSSR count). The van der Waals surface area contributed by atoms with Gasteiger partial charge in [0.15, 0.2) is 0 Å². The zero-order valence-corrected chi connectivity index (χ0v) is 16.3. The summed E-state index contributed by atoms with van der Waals surface area (Å²) in [6.07, 6.45) is 8.96. The summed E-state index contributed by atoms with van der Waals surface area (Å²) in [4.78, 5) is 38.4. The predicted molar refractivity (Wildman–Crippen MR) is 105 cm³/mol.